The predicted octanol–water partition coefficient (Wildman–Crippen LogP) is 1.19. The Bertz CT molecular complexity index is 511. The minimum atomic E-state index is -0.0205. The highest BCUT2D eigenvalue weighted by atomic mass is 35.5. The van der Waals surface area contributed by atoms with Gasteiger partial charge in [-0.15, -0.1) is 5.10 Å². The molecule has 2 N–H and O–H groups in total. The van der Waals surface area contributed by atoms with Gasteiger partial charge in [0.05, 0.1) is 17.7 Å². The van der Waals surface area contributed by atoms with Gasteiger partial charge in [0.1, 0.15) is 0 Å². The van der Waals surface area contributed by atoms with Crippen LogP contribution in [0.5, 0.6) is 0 Å². The number of anilines is 1. The summed E-state index contributed by atoms with van der Waals surface area (Å²) in [4.78, 5) is 4.30. The van der Waals surface area contributed by atoms with Crippen molar-refractivity contribution in [2.24, 2.45) is 0 Å². The molecule has 0 saturated heterocycles. The molecule has 0 spiro atoms. The van der Waals surface area contributed by atoms with Crippen LogP contribution in [-0.4, -0.2) is 46.1 Å². The van der Waals surface area contributed by atoms with Crippen molar-refractivity contribution < 1.29 is 9.84 Å². The number of ether oxygens (including phenoxy) is 1. The number of methoxy groups -OCH3 is 1. The SMILES string of the molecule is COCC(CCO)Nc1nc2ccc(Cl)cn2n1. The molecule has 7 heteroatoms. The third-order valence-electron chi connectivity index (χ3n) is 2.47. The molecule has 0 fully saturated rings. The molecule has 2 aromatic rings. The Morgan fingerprint density at radius 1 is 1.56 bits per heavy atom. The first-order valence-corrected chi connectivity index (χ1v) is 5.99. The summed E-state index contributed by atoms with van der Waals surface area (Å²) < 4.78 is 6.67. The Balaban J connectivity index is 2.14. The summed E-state index contributed by atoms with van der Waals surface area (Å²) in [5, 5.41) is 16.9. The van der Waals surface area contributed by atoms with Crippen molar-refractivity contribution in [3.63, 3.8) is 0 Å². The second kappa shape index (κ2) is 5.99. The standard InChI is InChI=1S/C11H15ClN4O2/c1-18-7-9(4-5-17)13-11-14-10-3-2-8(12)6-16(10)15-11/h2-3,6,9,17H,4-5,7H2,1H3,(H,13,15). The quantitative estimate of drug-likeness (QED) is 0.825. The average molecular weight is 271 g/mol. The number of nitrogens with one attached hydrogen (secondary N) is 1. The van der Waals surface area contributed by atoms with E-state index in [-0.39, 0.29) is 12.6 Å². The molecule has 1 atom stereocenters. The molecular weight excluding hydrogens is 256 g/mol. The minimum Gasteiger partial charge on any atom is -0.396 e. The van der Waals surface area contributed by atoms with Crippen molar-refractivity contribution in [3.8, 4) is 0 Å². The molecule has 0 aliphatic carbocycles. The monoisotopic (exact) mass is 270 g/mol. The van der Waals surface area contributed by atoms with Crippen molar-refractivity contribution in [2.45, 2.75) is 12.5 Å². The molecule has 2 heterocycles. The Morgan fingerprint density at radius 2 is 2.39 bits per heavy atom. The molecule has 1 unspecified atom stereocenters. The van der Waals surface area contributed by atoms with E-state index in [9.17, 15) is 0 Å². The van der Waals surface area contributed by atoms with E-state index < -0.39 is 0 Å². The lowest BCUT2D eigenvalue weighted by Crippen LogP contribution is -2.26. The number of rotatable bonds is 6. The zero-order valence-electron chi connectivity index (χ0n) is 10.0. The van der Waals surface area contributed by atoms with E-state index in [0.29, 0.717) is 29.6 Å². The van der Waals surface area contributed by atoms with E-state index in [1.165, 1.54) is 0 Å². The number of aromatic nitrogens is 3. The highest BCUT2D eigenvalue weighted by Gasteiger charge is 2.11. The summed E-state index contributed by atoms with van der Waals surface area (Å²) in [6.07, 6.45) is 2.26. The lowest BCUT2D eigenvalue weighted by molar-refractivity contribution is 0.170. The first kappa shape index (κ1) is 13.1. The maximum Gasteiger partial charge on any atom is 0.243 e. The average Bonchev–Trinajstić information content (AvgIpc) is 2.71. The van der Waals surface area contributed by atoms with Crippen LogP contribution in [0, 0.1) is 0 Å². The summed E-state index contributed by atoms with van der Waals surface area (Å²) in [6.45, 7) is 0.567. The third-order valence-corrected chi connectivity index (χ3v) is 2.70. The Labute approximate surface area is 110 Å². The highest BCUT2D eigenvalue weighted by Crippen LogP contribution is 2.12. The van der Waals surface area contributed by atoms with Gasteiger partial charge in [-0.25, -0.2) is 4.52 Å². The van der Waals surface area contributed by atoms with E-state index in [2.05, 4.69) is 15.4 Å². The second-order valence-corrected chi connectivity index (χ2v) is 4.33. The third kappa shape index (κ3) is 3.10. The van der Waals surface area contributed by atoms with E-state index in [0.717, 1.165) is 0 Å². The predicted molar refractivity (Wildman–Crippen MR) is 69.0 cm³/mol. The largest absolute Gasteiger partial charge is 0.396 e. The Morgan fingerprint density at radius 3 is 3.11 bits per heavy atom. The molecule has 2 aromatic heterocycles. The second-order valence-electron chi connectivity index (χ2n) is 3.89. The fourth-order valence-corrected chi connectivity index (χ4v) is 1.81. The molecule has 0 radical (unpaired) electrons. The van der Waals surface area contributed by atoms with Gasteiger partial charge in [0.2, 0.25) is 5.95 Å². The first-order valence-electron chi connectivity index (χ1n) is 5.61. The summed E-state index contributed by atoms with van der Waals surface area (Å²) >= 11 is 5.87. The number of hydrogen-bond donors (Lipinski definition) is 2. The molecule has 18 heavy (non-hydrogen) atoms. The molecule has 0 aliphatic rings. The van der Waals surface area contributed by atoms with Crippen molar-refractivity contribution in [2.75, 3.05) is 25.6 Å². The van der Waals surface area contributed by atoms with Gasteiger partial charge in [-0.3, -0.25) is 0 Å². The van der Waals surface area contributed by atoms with Crippen LogP contribution in [0.2, 0.25) is 5.02 Å². The van der Waals surface area contributed by atoms with Crippen LogP contribution in [0.15, 0.2) is 18.3 Å². The molecule has 98 valence electrons. The zero-order chi connectivity index (χ0) is 13.0. The molecule has 0 aromatic carbocycles. The van der Waals surface area contributed by atoms with Crippen LogP contribution in [-0.2, 0) is 4.74 Å². The Hall–Kier alpha value is -1.37. The molecule has 0 saturated carbocycles. The van der Waals surface area contributed by atoms with Gasteiger partial charge in [-0.05, 0) is 18.6 Å². The van der Waals surface area contributed by atoms with Crippen LogP contribution in [0.4, 0.5) is 5.95 Å². The smallest absolute Gasteiger partial charge is 0.243 e. The van der Waals surface area contributed by atoms with Gasteiger partial charge in [0.15, 0.2) is 5.65 Å². The fourth-order valence-electron chi connectivity index (χ4n) is 1.66. The van der Waals surface area contributed by atoms with Gasteiger partial charge < -0.3 is 15.2 Å². The van der Waals surface area contributed by atoms with Crippen molar-refractivity contribution in [3.05, 3.63) is 23.4 Å². The molecule has 0 aliphatic heterocycles. The number of fused-ring (bicyclic) bond motifs is 1. The molecule has 0 amide bonds. The topological polar surface area (TPSA) is 71.7 Å². The highest BCUT2D eigenvalue weighted by molar-refractivity contribution is 6.30. The molecule has 6 nitrogen and oxygen atoms in total. The van der Waals surface area contributed by atoms with E-state index >= 15 is 0 Å². The van der Waals surface area contributed by atoms with Gasteiger partial charge in [-0.1, -0.05) is 11.6 Å². The normalized spacial score (nSPS) is 12.8. The summed E-state index contributed by atoms with van der Waals surface area (Å²) in [7, 11) is 1.61. The fraction of sp³-hybridized carbons (Fsp3) is 0.455. The number of pyridine rings is 1. The van der Waals surface area contributed by atoms with Crippen LogP contribution in [0.1, 0.15) is 6.42 Å². The lowest BCUT2D eigenvalue weighted by atomic mass is 10.2. The minimum absolute atomic E-state index is 0.0205. The van der Waals surface area contributed by atoms with Gasteiger partial charge >= 0.3 is 0 Å². The van der Waals surface area contributed by atoms with Crippen molar-refractivity contribution in [1.29, 1.82) is 0 Å². The molecule has 2 rings (SSSR count). The maximum absolute atomic E-state index is 8.96. The van der Waals surface area contributed by atoms with Crippen molar-refractivity contribution in [1.82, 2.24) is 14.6 Å². The number of hydrogen-bond acceptors (Lipinski definition) is 5. The van der Waals surface area contributed by atoms with E-state index in [4.69, 9.17) is 21.4 Å². The number of nitrogens with zero attached hydrogens (tertiary/aromatic N) is 3. The summed E-state index contributed by atoms with van der Waals surface area (Å²) in [5.41, 5.74) is 0.710. The number of aliphatic hydroxyl groups excluding tert-OH is 1. The molecule has 0 bridgehead atoms. The molecular formula is C11H15ClN4O2. The van der Waals surface area contributed by atoms with Crippen LogP contribution in [0.25, 0.3) is 5.65 Å². The van der Waals surface area contributed by atoms with Crippen LogP contribution in [0.3, 0.4) is 0 Å². The van der Waals surface area contributed by atoms with Crippen LogP contribution >= 0.6 is 11.6 Å². The summed E-state index contributed by atoms with van der Waals surface area (Å²) in [6, 6.07) is 3.53. The van der Waals surface area contributed by atoms with Crippen molar-refractivity contribution >= 4 is 23.2 Å². The summed E-state index contributed by atoms with van der Waals surface area (Å²) in [5.74, 6) is 0.493. The maximum atomic E-state index is 8.96. The van der Waals surface area contributed by atoms with Crippen LogP contribution < -0.4 is 5.32 Å². The Kier molecular flexibility index (Phi) is 4.35. The number of halogens is 1. The van der Waals surface area contributed by atoms with Gasteiger partial charge in [-0.2, -0.15) is 4.98 Å². The first-order chi connectivity index (χ1) is 8.72. The zero-order valence-corrected chi connectivity index (χ0v) is 10.8. The van der Waals surface area contributed by atoms with Gasteiger partial charge in [0.25, 0.3) is 0 Å². The van der Waals surface area contributed by atoms with E-state index in [1.54, 1.807) is 30.0 Å². The van der Waals surface area contributed by atoms with Gasteiger partial charge in [0, 0.05) is 19.9 Å². The number of aliphatic hydroxyl groups is 1. The van der Waals surface area contributed by atoms with E-state index in [1.807, 2.05) is 0 Å². The lowest BCUT2D eigenvalue weighted by Gasteiger charge is -2.14.